The minimum absolute atomic E-state index is 0.220. The summed E-state index contributed by atoms with van der Waals surface area (Å²) in [6, 6.07) is 2.41. The van der Waals surface area contributed by atoms with Crippen LogP contribution < -0.4 is 5.32 Å². The minimum atomic E-state index is -1.27. The summed E-state index contributed by atoms with van der Waals surface area (Å²) in [4.78, 5) is 0. The molecule has 1 N–H and O–H groups in total. The topological polar surface area (TPSA) is 12.0 Å². The number of hydrogen-bond donors (Lipinski definition) is 1. The van der Waals surface area contributed by atoms with Crippen molar-refractivity contribution in [2.24, 2.45) is 5.92 Å². The molecule has 4 heteroatoms. The fourth-order valence-electron chi connectivity index (χ4n) is 2.44. The van der Waals surface area contributed by atoms with E-state index in [-0.39, 0.29) is 5.56 Å². The fraction of sp³-hybridized carbons (Fsp3) is 0.571. The fourth-order valence-corrected chi connectivity index (χ4v) is 2.44. The number of nitrogens with one attached hydrogen (secondary N) is 1. The van der Waals surface area contributed by atoms with E-state index < -0.39 is 17.8 Å². The van der Waals surface area contributed by atoms with Crippen LogP contribution in [0.1, 0.15) is 37.1 Å². The van der Waals surface area contributed by atoms with Crippen LogP contribution in [0.5, 0.6) is 0 Å². The summed E-state index contributed by atoms with van der Waals surface area (Å²) in [6.45, 7) is 3.16. The Morgan fingerprint density at radius 2 is 1.94 bits per heavy atom. The van der Waals surface area contributed by atoms with Crippen LogP contribution in [-0.4, -0.2) is 13.1 Å². The molecule has 1 atom stereocenters. The van der Waals surface area contributed by atoms with E-state index in [2.05, 4.69) is 5.32 Å². The van der Waals surface area contributed by atoms with Gasteiger partial charge in [-0.15, -0.1) is 0 Å². The van der Waals surface area contributed by atoms with Gasteiger partial charge in [0.2, 0.25) is 0 Å². The lowest BCUT2D eigenvalue weighted by molar-refractivity contribution is 0.359. The molecular formula is C14H18F3N. The van der Waals surface area contributed by atoms with Crippen molar-refractivity contribution in [3.05, 3.63) is 34.9 Å². The van der Waals surface area contributed by atoms with Crippen molar-refractivity contribution >= 4 is 0 Å². The van der Waals surface area contributed by atoms with Crippen LogP contribution in [-0.2, 0) is 6.42 Å². The zero-order valence-electron chi connectivity index (χ0n) is 10.5. The molecule has 100 valence electrons. The van der Waals surface area contributed by atoms with Crippen molar-refractivity contribution in [1.82, 2.24) is 5.32 Å². The quantitative estimate of drug-likeness (QED) is 0.873. The van der Waals surface area contributed by atoms with Gasteiger partial charge in [-0.25, -0.2) is 13.2 Å². The molecule has 1 aromatic carbocycles. The van der Waals surface area contributed by atoms with Gasteiger partial charge in [-0.3, -0.25) is 0 Å². The highest BCUT2D eigenvalue weighted by Crippen LogP contribution is 2.26. The second kappa shape index (κ2) is 5.74. The third kappa shape index (κ3) is 3.05. The molecule has 0 aliphatic carbocycles. The molecule has 0 amide bonds. The van der Waals surface area contributed by atoms with Crippen LogP contribution in [0.3, 0.4) is 0 Å². The first-order valence-electron chi connectivity index (χ1n) is 6.40. The molecular weight excluding hydrogens is 239 g/mol. The third-order valence-electron chi connectivity index (χ3n) is 3.55. The lowest BCUT2D eigenvalue weighted by Crippen LogP contribution is -2.28. The Kier molecular flexibility index (Phi) is 4.27. The molecule has 0 spiro atoms. The maximum absolute atomic E-state index is 13.7. The molecule has 0 bridgehead atoms. The third-order valence-corrected chi connectivity index (χ3v) is 3.55. The Hall–Kier alpha value is -1.03. The summed E-state index contributed by atoms with van der Waals surface area (Å²) < 4.78 is 40.3. The van der Waals surface area contributed by atoms with E-state index in [0.29, 0.717) is 17.9 Å². The number of benzene rings is 1. The minimum Gasteiger partial charge on any atom is -0.317 e. The Morgan fingerprint density at radius 1 is 1.28 bits per heavy atom. The SMILES string of the molecule is CC(F)c1cc(F)c(F)c(CC2CCNCC2)c1. The summed E-state index contributed by atoms with van der Waals surface area (Å²) in [5, 5.41) is 3.23. The van der Waals surface area contributed by atoms with Gasteiger partial charge in [0.1, 0.15) is 6.17 Å². The molecule has 1 fully saturated rings. The van der Waals surface area contributed by atoms with E-state index in [1.807, 2.05) is 0 Å². The molecule has 0 aromatic heterocycles. The average Bonchev–Trinajstić information content (AvgIpc) is 2.35. The molecule has 0 radical (unpaired) electrons. The first-order valence-corrected chi connectivity index (χ1v) is 6.40. The summed E-state index contributed by atoms with van der Waals surface area (Å²) in [5.41, 5.74) is 0.527. The monoisotopic (exact) mass is 257 g/mol. The van der Waals surface area contributed by atoms with Gasteiger partial charge in [-0.05, 0) is 68.5 Å². The van der Waals surface area contributed by atoms with Crippen molar-refractivity contribution < 1.29 is 13.2 Å². The van der Waals surface area contributed by atoms with Crippen molar-refractivity contribution in [1.29, 1.82) is 0 Å². The molecule has 1 saturated heterocycles. The van der Waals surface area contributed by atoms with Crippen LogP contribution in [0.2, 0.25) is 0 Å². The first-order chi connectivity index (χ1) is 8.58. The van der Waals surface area contributed by atoms with E-state index in [4.69, 9.17) is 0 Å². The van der Waals surface area contributed by atoms with Gasteiger partial charge in [0.05, 0.1) is 0 Å². The van der Waals surface area contributed by atoms with E-state index in [9.17, 15) is 13.2 Å². The standard InChI is InChI=1S/C14H18F3N/c1-9(15)11-7-12(14(17)13(16)8-11)6-10-2-4-18-5-3-10/h7-10,18H,2-6H2,1H3. The van der Waals surface area contributed by atoms with Gasteiger partial charge in [0.25, 0.3) is 0 Å². The Morgan fingerprint density at radius 3 is 2.56 bits per heavy atom. The lowest BCUT2D eigenvalue weighted by atomic mass is 9.90. The number of rotatable bonds is 3. The van der Waals surface area contributed by atoms with Crippen LogP contribution in [0, 0.1) is 17.6 Å². The van der Waals surface area contributed by atoms with Crippen molar-refractivity contribution in [2.45, 2.75) is 32.4 Å². The predicted molar refractivity (Wildman–Crippen MR) is 65.2 cm³/mol. The van der Waals surface area contributed by atoms with Gasteiger partial charge in [0, 0.05) is 0 Å². The molecule has 1 aliphatic heterocycles. The van der Waals surface area contributed by atoms with Gasteiger partial charge < -0.3 is 5.32 Å². The lowest BCUT2D eigenvalue weighted by Gasteiger charge is -2.23. The molecule has 1 unspecified atom stereocenters. The number of piperidine rings is 1. The van der Waals surface area contributed by atoms with Gasteiger partial charge in [-0.1, -0.05) is 0 Å². The molecule has 18 heavy (non-hydrogen) atoms. The number of halogens is 3. The van der Waals surface area contributed by atoms with Crippen molar-refractivity contribution in [3.63, 3.8) is 0 Å². The summed E-state index contributed by atoms with van der Waals surface area (Å²) in [5.74, 6) is -1.41. The largest absolute Gasteiger partial charge is 0.317 e. The molecule has 0 saturated carbocycles. The van der Waals surface area contributed by atoms with E-state index in [1.165, 1.54) is 13.0 Å². The summed E-state index contributed by atoms with van der Waals surface area (Å²) in [6.07, 6.45) is 1.13. The van der Waals surface area contributed by atoms with E-state index in [0.717, 1.165) is 32.0 Å². The number of hydrogen-bond acceptors (Lipinski definition) is 1. The van der Waals surface area contributed by atoms with E-state index in [1.54, 1.807) is 0 Å². The maximum Gasteiger partial charge on any atom is 0.162 e. The zero-order valence-corrected chi connectivity index (χ0v) is 10.5. The van der Waals surface area contributed by atoms with Crippen LogP contribution >= 0.6 is 0 Å². The molecule has 1 aliphatic rings. The summed E-state index contributed by atoms with van der Waals surface area (Å²) in [7, 11) is 0. The van der Waals surface area contributed by atoms with E-state index >= 15 is 0 Å². The molecule has 2 rings (SSSR count). The summed E-state index contributed by atoms with van der Waals surface area (Å²) >= 11 is 0. The van der Waals surface area contributed by atoms with Crippen LogP contribution in [0.25, 0.3) is 0 Å². The molecule has 1 nitrogen and oxygen atoms in total. The maximum atomic E-state index is 13.7. The van der Waals surface area contributed by atoms with Crippen molar-refractivity contribution in [3.8, 4) is 0 Å². The second-order valence-electron chi connectivity index (χ2n) is 4.99. The second-order valence-corrected chi connectivity index (χ2v) is 4.99. The Balaban J connectivity index is 2.19. The van der Waals surface area contributed by atoms with Gasteiger partial charge in [-0.2, -0.15) is 0 Å². The Labute approximate surface area is 105 Å². The smallest absolute Gasteiger partial charge is 0.162 e. The Bertz CT molecular complexity index is 412. The molecule has 1 heterocycles. The zero-order chi connectivity index (χ0) is 13.1. The van der Waals surface area contributed by atoms with Gasteiger partial charge >= 0.3 is 0 Å². The highest BCUT2D eigenvalue weighted by molar-refractivity contribution is 5.28. The normalized spacial score (nSPS) is 18.9. The first kappa shape index (κ1) is 13.4. The highest BCUT2D eigenvalue weighted by Gasteiger charge is 2.19. The average molecular weight is 257 g/mol. The predicted octanol–water partition coefficient (Wildman–Crippen LogP) is 3.54. The molecule has 1 aromatic rings. The number of alkyl halides is 1. The van der Waals surface area contributed by atoms with Crippen molar-refractivity contribution in [2.75, 3.05) is 13.1 Å². The van der Waals surface area contributed by atoms with Crippen LogP contribution in [0.4, 0.5) is 13.2 Å². The van der Waals surface area contributed by atoms with Crippen LogP contribution in [0.15, 0.2) is 12.1 Å². The van der Waals surface area contributed by atoms with Gasteiger partial charge in [0.15, 0.2) is 11.6 Å². The highest BCUT2D eigenvalue weighted by atomic mass is 19.2.